The first-order valence-electron chi connectivity index (χ1n) is 11.0. The van der Waals surface area contributed by atoms with Crippen LogP contribution in [0.4, 0.5) is 0 Å². The fourth-order valence-electron chi connectivity index (χ4n) is 4.57. The molecule has 2 fully saturated rings. The van der Waals surface area contributed by atoms with Gasteiger partial charge in [-0.05, 0) is 42.6 Å². The zero-order valence-corrected chi connectivity index (χ0v) is 17.5. The topological polar surface area (TPSA) is 50.6 Å². The molecule has 2 aromatic carbocycles. The summed E-state index contributed by atoms with van der Waals surface area (Å²) in [5.74, 6) is 0.471. The highest BCUT2D eigenvalue weighted by Gasteiger charge is 2.31. The van der Waals surface area contributed by atoms with Crippen LogP contribution in [0.3, 0.4) is 0 Å². The summed E-state index contributed by atoms with van der Waals surface area (Å²) in [6.45, 7) is 7.20. The number of rotatable bonds is 5. The first-order valence-corrected chi connectivity index (χ1v) is 11.0. The van der Waals surface area contributed by atoms with Crippen molar-refractivity contribution in [2.45, 2.75) is 25.9 Å². The largest absolute Gasteiger partial charge is 0.340 e. The van der Waals surface area contributed by atoms with E-state index in [1.165, 1.54) is 11.1 Å². The van der Waals surface area contributed by atoms with Crippen molar-refractivity contribution >= 4 is 5.91 Å². The number of carbonyl (C=O) groups is 1. The number of likely N-dealkylation sites (tertiary alicyclic amines) is 1. The molecule has 5 heteroatoms. The molecule has 2 aliphatic rings. The first-order chi connectivity index (χ1) is 14.7. The average molecular weight is 403 g/mol. The molecule has 2 aromatic rings. The van der Waals surface area contributed by atoms with Gasteiger partial charge < -0.3 is 4.90 Å². The van der Waals surface area contributed by atoms with Crippen LogP contribution in [-0.2, 0) is 17.9 Å². The third-order valence-corrected chi connectivity index (χ3v) is 6.28. The fourth-order valence-corrected chi connectivity index (χ4v) is 4.57. The van der Waals surface area contributed by atoms with Crippen LogP contribution in [0, 0.1) is 17.2 Å². The Hall–Kier alpha value is -2.68. The number of piperazine rings is 1. The lowest BCUT2D eigenvalue weighted by molar-refractivity contribution is -0.139. The van der Waals surface area contributed by atoms with Gasteiger partial charge in [-0.3, -0.25) is 14.6 Å². The number of benzene rings is 2. The van der Waals surface area contributed by atoms with Crippen LogP contribution >= 0.6 is 0 Å². The van der Waals surface area contributed by atoms with E-state index in [1.807, 2.05) is 30.3 Å². The molecule has 1 atom stereocenters. The molecule has 1 unspecified atom stereocenters. The number of hydrogen-bond acceptors (Lipinski definition) is 4. The molecule has 1 amide bonds. The Bertz CT molecular complexity index is 866. The minimum Gasteiger partial charge on any atom is -0.340 e. The Morgan fingerprint density at radius 1 is 0.867 bits per heavy atom. The summed E-state index contributed by atoms with van der Waals surface area (Å²) < 4.78 is 0. The van der Waals surface area contributed by atoms with Crippen molar-refractivity contribution in [3.05, 3.63) is 71.3 Å². The van der Waals surface area contributed by atoms with Gasteiger partial charge in [-0.15, -0.1) is 0 Å². The number of amides is 1. The molecule has 0 bridgehead atoms. The van der Waals surface area contributed by atoms with Crippen LogP contribution in [0.2, 0.25) is 0 Å². The van der Waals surface area contributed by atoms with E-state index in [4.69, 9.17) is 5.26 Å². The van der Waals surface area contributed by atoms with Crippen molar-refractivity contribution in [3.63, 3.8) is 0 Å². The van der Waals surface area contributed by atoms with Crippen molar-refractivity contribution in [1.29, 1.82) is 5.26 Å². The number of hydrogen-bond donors (Lipinski definition) is 0. The van der Waals surface area contributed by atoms with Crippen LogP contribution in [0.25, 0.3) is 0 Å². The zero-order valence-electron chi connectivity index (χ0n) is 17.5. The predicted octanol–water partition coefficient (Wildman–Crippen LogP) is 3.11. The van der Waals surface area contributed by atoms with Gasteiger partial charge in [0.05, 0.1) is 17.6 Å². The maximum Gasteiger partial charge on any atom is 0.227 e. The highest BCUT2D eigenvalue weighted by atomic mass is 16.2. The molecule has 0 radical (unpaired) electrons. The Morgan fingerprint density at radius 3 is 2.23 bits per heavy atom. The molecule has 0 N–H and O–H groups in total. The van der Waals surface area contributed by atoms with E-state index in [-0.39, 0.29) is 5.92 Å². The summed E-state index contributed by atoms with van der Waals surface area (Å²) in [5, 5.41) is 8.93. The molecule has 156 valence electrons. The van der Waals surface area contributed by atoms with E-state index in [1.54, 1.807) is 0 Å². The molecule has 4 rings (SSSR count). The van der Waals surface area contributed by atoms with Gasteiger partial charge in [0.15, 0.2) is 0 Å². The second kappa shape index (κ2) is 9.88. The van der Waals surface area contributed by atoms with E-state index >= 15 is 0 Å². The van der Waals surface area contributed by atoms with E-state index in [9.17, 15) is 4.79 Å². The second-order valence-corrected chi connectivity index (χ2v) is 8.47. The zero-order chi connectivity index (χ0) is 20.8. The molecule has 0 spiro atoms. The van der Waals surface area contributed by atoms with Crippen LogP contribution < -0.4 is 0 Å². The summed E-state index contributed by atoms with van der Waals surface area (Å²) >= 11 is 0. The van der Waals surface area contributed by atoms with E-state index in [2.05, 4.69) is 45.0 Å². The van der Waals surface area contributed by atoms with Crippen molar-refractivity contribution in [2.75, 3.05) is 39.3 Å². The lowest BCUT2D eigenvalue weighted by Gasteiger charge is -2.39. The maximum atomic E-state index is 13.1. The Balaban J connectivity index is 1.25. The van der Waals surface area contributed by atoms with Gasteiger partial charge in [0.25, 0.3) is 0 Å². The normalized spacial score (nSPS) is 20.6. The molecular formula is C25H30N4O. The molecule has 5 nitrogen and oxygen atoms in total. The summed E-state index contributed by atoms with van der Waals surface area (Å²) in [6, 6.07) is 20.5. The molecule has 2 heterocycles. The third kappa shape index (κ3) is 5.27. The minimum atomic E-state index is 0.132. The highest BCUT2D eigenvalue weighted by molar-refractivity contribution is 5.79. The quantitative estimate of drug-likeness (QED) is 0.771. The molecule has 0 saturated carbocycles. The average Bonchev–Trinajstić information content (AvgIpc) is 2.80. The molecule has 2 aliphatic heterocycles. The van der Waals surface area contributed by atoms with E-state index in [0.717, 1.165) is 65.2 Å². The lowest BCUT2D eigenvalue weighted by Crippen LogP contribution is -2.52. The highest BCUT2D eigenvalue weighted by Crippen LogP contribution is 2.22. The summed E-state index contributed by atoms with van der Waals surface area (Å²) in [6.07, 6.45) is 2.11. The number of carbonyl (C=O) groups excluding carboxylic acids is 1. The van der Waals surface area contributed by atoms with Gasteiger partial charge in [0, 0.05) is 45.8 Å². The van der Waals surface area contributed by atoms with Crippen LogP contribution in [-0.4, -0.2) is 59.9 Å². The Kier molecular flexibility index (Phi) is 6.78. The monoisotopic (exact) mass is 402 g/mol. The Labute approximate surface area is 179 Å². The van der Waals surface area contributed by atoms with Gasteiger partial charge in [-0.2, -0.15) is 5.26 Å². The summed E-state index contributed by atoms with van der Waals surface area (Å²) in [5.41, 5.74) is 3.24. The van der Waals surface area contributed by atoms with Crippen molar-refractivity contribution in [3.8, 4) is 6.07 Å². The molecule has 2 saturated heterocycles. The summed E-state index contributed by atoms with van der Waals surface area (Å²) in [4.78, 5) is 20.0. The smallest absolute Gasteiger partial charge is 0.227 e. The molecule has 0 aliphatic carbocycles. The SMILES string of the molecule is N#Cc1ccc(CN2CCN(C(=O)C3CCCN(Cc4ccccc4)C3)CC2)cc1. The van der Waals surface area contributed by atoms with Gasteiger partial charge >= 0.3 is 0 Å². The van der Waals surface area contributed by atoms with E-state index in [0.29, 0.717) is 11.5 Å². The van der Waals surface area contributed by atoms with Crippen molar-refractivity contribution in [2.24, 2.45) is 5.92 Å². The standard InChI is InChI=1S/C25H30N4O/c26-17-21-8-10-23(11-9-21)18-27-13-15-29(16-14-27)25(30)24-7-4-12-28(20-24)19-22-5-2-1-3-6-22/h1-3,5-6,8-11,24H,4,7,12-16,18-20H2. The van der Waals surface area contributed by atoms with Gasteiger partial charge in [-0.25, -0.2) is 0 Å². The molecule has 30 heavy (non-hydrogen) atoms. The van der Waals surface area contributed by atoms with Crippen LogP contribution in [0.15, 0.2) is 54.6 Å². The van der Waals surface area contributed by atoms with E-state index < -0.39 is 0 Å². The second-order valence-electron chi connectivity index (χ2n) is 8.47. The fraction of sp³-hybridized carbons (Fsp3) is 0.440. The molecule has 0 aromatic heterocycles. The van der Waals surface area contributed by atoms with Gasteiger partial charge in [-0.1, -0.05) is 42.5 Å². The maximum absolute atomic E-state index is 13.1. The minimum absolute atomic E-state index is 0.132. The van der Waals surface area contributed by atoms with Gasteiger partial charge in [0.1, 0.15) is 0 Å². The molecular weight excluding hydrogens is 372 g/mol. The Morgan fingerprint density at radius 2 is 1.53 bits per heavy atom. The van der Waals surface area contributed by atoms with Crippen molar-refractivity contribution < 1.29 is 4.79 Å². The van der Waals surface area contributed by atoms with Crippen LogP contribution in [0.5, 0.6) is 0 Å². The number of nitrogens with zero attached hydrogens (tertiary/aromatic N) is 4. The van der Waals surface area contributed by atoms with Crippen molar-refractivity contribution in [1.82, 2.24) is 14.7 Å². The number of nitriles is 1. The lowest BCUT2D eigenvalue weighted by atomic mass is 9.95. The third-order valence-electron chi connectivity index (χ3n) is 6.28. The summed E-state index contributed by atoms with van der Waals surface area (Å²) in [7, 11) is 0. The van der Waals surface area contributed by atoms with Gasteiger partial charge in [0.2, 0.25) is 5.91 Å². The first kappa shape index (κ1) is 20.6. The van der Waals surface area contributed by atoms with Crippen LogP contribution in [0.1, 0.15) is 29.5 Å². The predicted molar refractivity (Wildman–Crippen MR) is 117 cm³/mol. The number of piperidine rings is 1.